The van der Waals surface area contributed by atoms with Crippen LogP contribution >= 0.6 is 27.7 Å². The van der Waals surface area contributed by atoms with Gasteiger partial charge in [-0.2, -0.15) is 0 Å². The standard InChI is InChI=1S/C13H15BrN4OS/c1-15-11-7-12(18-13(17-11)20-3)16-8-4-5-9(14)10(6-8)19-2/h4-7H,1-3H3,(H2,15,16,17,18). The van der Waals surface area contributed by atoms with Crippen molar-refractivity contribution in [3.05, 3.63) is 28.7 Å². The maximum Gasteiger partial charge on any atom is 0.191 e. The zero-order chi connectivity index (χ0) is 14.5. The number of aromatic nitrogens is 2. The van der Waals surface area contributed by atoms with E-state index in [2.05, 4.69) is 36.5 Å². The van der Waals surface area contributed by atoms with Crippen LogP contribution in [0.5, 0.6) is 5.75 Å². The number of benzene rings is 1. The largest absolute Gasteiger partial charge is 0.495 e. The molecule has 20 heavy (non-hydrogen) atoms. The monoisotopic (exact) mass is 354 g/mol. The second kappa shape index (κ2) is 6.81. The average Bonchev–Trinajstić information content (AvgIpc) is 2.48. The first kappa shape index (κ1) is 14.9. The number of halogens is 1. The van der Waals surface area contributed by atoms with Gasteiger partial charge in [0.15, 0.2) is 5.16 Å². The SMILES string of the molecule is CNc1cc(Nc2ccc(Br)c(OC)c2)nc(SC)n1. The number of ether oxygens (including phenoxy) is 1. The van der Waals surface area contributed by atoms with Crippen LogP contribution in [0.1, 0.15) is 0 Å². The number of anilines is 3. The summed E-state index contributed by atoms with van der Waals surface area (Å²) in [5, 5.41) is 6.98. The fraction of sp³-hybridized carbons (Fsp3) is 0.231. The molecular weight excluding hydrogens is 340 g/mol. The van der Waals surface area contributed by atoms with E-state index < -0.39 is 0 Å². The van der Waals surface area contributed by atoms with Crippen LogP contribution in [0.3, 0.4) is 0 Å². The Labute approximate surface area is 130 Å². The van der Waals surface area contributed by atoms with Crippen LogP contribution in [-0.4, -0.2) is 30.4 Å². The molecule has 0 unspecified atom stereocenters. The van der Waals surface area contributed by atoms with Gasteiger partial charge in [0.25, 0.3) is 0 Å². The molecule has 0 atom stereocenters. The van der Waals surface area contributed by atoms with Gasteiger partial charge >= 0.3 is 0 Å². The number of hydrogen-bond acceptors (Lipinski definition) is 6. The highest BCUT2D eigenvalue weighted by molar-refractivity contribution is 9.10. The van der Waals surface area contributed by atoms with Crippen molar-refractivity contribution in [1.29, 1.82) is 0 Å². The molecule has 0 bridgehead atoms. The zero-order valence-corrected chi connectivity index (χ0v) is 13.8. The smallest absolute Gasteiger partial charge is 0.191 e. The van der Waals surface area contributed by atoms with Crippen LogP contribution in [0.2, 0.25) is 0 Å². The molecule has 2 aromatic rings. The Hall–Kier alpha value is -1.47. The summed E-state index contributed by atoms with van der Waals surface area (Å²) in [4.78, 5) is 8.75. The molecule has 0 radical (unpaired) electrons. The molecule has 0 amide bonds. The Bertz CT molecular complexity index is 587. The minimum Gasteiger partial charge on any atom is -0.495 e. The lowest BCUT2D eigenvalue weighted by Gasteiger charge is -2.10. The van der Waals surface area contributed by atoms with Crippen molar-refractivity contribution in [3.8, 4) is 5.75 Å². The van der Waals surface area contributed by atoms with E-state index in [-0.39, 0.29) is 0 Å². The molecule has 1 heterocycles. The first-order valence-electron chi connectivity index (χ1n) is 5.87. The predicted molar refractivity (Wildman–Crippen MR) is 87.3 cm³/mol. The molecule has 0 aliphatic rings. The summed E-state index contributed by atoms with van der Waals surface area (Å²) in [6.45, 7) is 0. The third kappa shape index (κ3) is 3.55. The lowest BCUT2D eigenvalue weighted by Crippen LogP contribution is -2.00. The van der Waals surface area contributed by atoms with E-state index in [0.717, 1.165) is 27.5 Å². The second-order valence-electron chi connectivity index (χ2n) is 3.85. The molecule has 7 heteroatoms. The van der Waals surface area contributed by atoms with Gasteiger partial charge < -0.3 is 15.4 Å². The highest BCUT2D eigenvalue weighted by Crippen LogP contribution is 2.29. The van der Waals surface area contributed by atoms with Crippen molar-refractivity contribution in [2.45, 2.75) is 5.16 Å². The van der Waals surface area contributed by atoms with Gasteiger partial charge in [0, 0.05) is 24.9 Å². The summed E-state index contributed by atoms with van der Waals surface area (Å²) in [5.41, 5.74) is 0.901. The first-order valence-corrected chi connectivity index (χ1v) is 7.89. The highest BCUT2D eigenvalue weighted by atomic mass is 79.9. The van der Waals surface area contributed by atoms with Crippen molar-refractivity contribution < 1.29 is 4.74 Å². The van der Waals surface area contributed by atoms with Crippen LogP contribution in [0.15, 0.2) is 33.9 Å². The Kier molecular flexibility index (Phi) is 5.08. The van der Waals surface area contributed by atoms with Crippen molar-refractivity contribution in [3.63, 3.8) is 0 Å². The van der Waals surface area contributed by atoms with Crippen LogP contribution in [0.4, 0.5) is 17.3 Å². The van der Waals surface area contributed by atoms with Crippen LogP contribution in [0, 0.1) is 0 Å². The third-order valence-electron chi connectivity index (χ3n) is 2.57. The van der Waals surface area contributed by atoms with Gasteiger partial charge in [-0.15, -0.1) is 0 Å². The molecule has 0 saturated carbocycles. The molecule has 0 fully saturated rings. The zero-order valence-electron chi connectivity index (χ0n) is 11.4. The van der Waals surface area contributed by atoms with Gasteiger partial charge in [0.1, 0.15) is 17.4 Å². The molecule has 5 nitrogen and oxygen atoms in total. The minimum absolute atomic E-state index is 0.712. The summed E-state index contributed by atoms with van der Waals surface area (Å²) in [6, 6.07) is 7.64. The molecule has 106 valence electrons. The summed E-state index contributed by atoms with van der Waals surface area (Å²) in [7, 11) is 3.47. The van der Waals surface area contributed by atoms with Gasteiger partial charge in [-0.3, -0.25) is 0 Å². The lowest BCUT2D eigenvalue weighted by atomic mass is 10.3. The molecule has 2 rings (SSSR count). The topological polar surface area (TPSA) is 59.1 Å². The highest BCUT2D eigenvalue weighted by Gasteiger charge is 2.06. The minimum atomic E-state index is 0.712. The Balaban J connectivity index is 2.29. The van der Waals surface area contributed by atoms with Gasteiger partial charge in [0.2, 0.25) is 0 Å². The van der Waals surface area contributed by atoms with E-state index in [0.29, 0.717) is 5.16 Å². The Morgan fingerprint density at radius 3 is 2.60 bits per heavy atom. The van der Waals surface area contributed by atoms with E-state index in [4.69, 9.17) is 4.74 Å². The van der Waals surface area contributed by atoms with Crippen LogP contribution in [-0.2, 0) is 0 Å². The Morgan fingerprint density at radius 2 is 1.95 bits per heavy atom. The number of rotatable bonds is 5. The normalized spacial score (nSPS) is 10.2. The quantitative estimate of drug-likeness (QED) is 0.629. The van der Waals surface area contributed by atoms with E-state index in [1.165, 1.54) is 11.8 Å². The third-order valence-corrected chi connectivity index (χ3v) is 3.77. The van der Waals surface area contributed by atoms with Gasteiger partial charge in [-0.25, -0.2) is 9.97 Å². The van der Waals surface area contributed by atoms with E-state index in [1.54, 1.807) is 7.11 Å². The van der Waals surface area contributed by atoms with Gasteiger partial charge in [-0.05, 0) is 34.3 Å². The van der Waals surface area contributed by atoms with Crippen molar-refractivity contribution >= 4 is 45.0 Å². The van der Waals surface area contributed by atoms with E-state index in [9.17, 15) is 0 Å². The number of nitrogens with one attached hydrogen (secondary N) is 2. The molecule has 0 spiro atoms. The number of methoxy groups -OCH3 is 1. The lowest BCUT2D eigenvalue weighted by molar-refractivity contribution is 0.412. The predicted octanol–water partition coefficient (Wildman–Crippen LogP) is 3.75. The number of hydrogen-bond donors (Lipinski definition) is 2. The summed E-state index contributed by atoms with van der Waals surface area (Å²) >= 11 is 4.93. The number of nitrogens with zero attached hydrogens (tertiary/aromatic N) is 2. The van der Waals surface area contributed by atoms with Crippen molar-refractivity contribution in [2.75, 3.05) is 31.0 Å². The maximum atomic E-state index is 5.28. The summed E-state index contributed by atoms with van der Waals surface area (Å²) < 4.78 is 6.19. The fourth-order valence-corrected chi connectivity index (χ4v) is 2.38. The molecule has 0 aliphatic carbocycles. The molecule has 0 aliphatic heterocycles. The van der Waals surface area contributed by atoms with Crippen LogP contribution < -0.4 is 15.4 Å². The maximum absolute atomic E-state index is 5.28. The van der Waals surface area contributed by atoms with Gasteiger partial charge in [0.05, 0.1) is 11.6 Å². The first-order chi connectivity index (χ1) is 9.66. The molecular formula is C13H15BrN4OS. The summed E-state index contributed by atoms with van der Waals surface area (Å²) in [6.07, 6.45) is 1.95. The average molecular weight is 355 g/mol. The fourth-order valence-electron chi connectivity index (χ4n) is 1.59. The van der Waals surface area contributed by atoms with Crippen LogP contribution in [0.25, 0.3) is 0 Å². The molecule has 2 N–H and O–H groups in total. The second-order valence-corrected chi connectivity index (χ2v) is 5.48. The molecule has 1 aromatic heterocycles. The number of thioether (sulfide) groups is 1. The van der Waals surface area contributed by atoms with Gasteiger partial charge in [-0.1, -0.05) is 11.8 Å². The Morgan fingerprint density at radius 1 is 1.20 bits per heavy atom. The van der Waals surface area contributed by atoms with E-state index >= 15 is 0 Å². The molecule has 1 aromatic carbocycles. The van der Waals surface area contributed by atoms with Crippen molar-refractivity contribution in [1.82, 2.24) is 9.97 Å². The van der Waals surface area contributed by atoms with E-state index in [1.807, 2.05) is 37.6 Å². The molecule has 0 saturated heterocycles. The summed E-state index contributed by atoms with van der Waals surface area (Å²) in [5.74, 6) is 2.27. The van der Waals surface area contributed by atoms with Crippen molar-refractivity contribution in [2.24, 2.45) is 0 Å².